The van der Waals surface area contributed by atoms with E-state index in [1.807, 2.05) is 26.8 Å². The smallest absolute Gasteiger partial charge is 0.410 e. The third-order valence-electron chi connectivity index (χ3n) is 3.59. The van der Waals surface area contributed by atoms with Crippen molar-refractivity contribution in [3.63, 3.8) is 0 Å². The van der Waals surface area contributed by atoms with Crippen LogP contribution in [0.5, 0.6) is 5.88 Å². The molecule has 1 saturated heterocycles. The van der Waals surface area contributed by atoms with Gasteiger partial charge < -0.3 is 20.1 Å². The Morgan fingerprint density at radius 3 is 2.71 bits per heavy atom. The lowest BCUT2D eigenvalue weighted by Crippen LogP contribution is -2.42. The molecule has 0 bridgehead atoms. The van der Waals surface area contributed by atoms with E-state index in [9.17, 15) is 4.79 Å². The lowest BCUT2D eigenvalue weighted by molar-refractivity contribution is 0.0164. The summed E-state index contributed by atoms with van der Waals surface area (Å²) in [6, 6.07) is 1.93. The summed E-state index contributed by atoms with van der Waals surface area (Å²) in [5.41, 5.74) is 5.20. The minimum Gasteiger partial charge on any atom is -0.475 e. The molecule has 0 saturated carbocycles. The van der Waals surface area contributed by atoms with Crippen LogP contribution in [0.25, 0.3) is 0 Å². The molecule has 2 N–H and O–H groups in total. The summed E-state index contributed by atoms with van der Waals surface area (Å²) in [6.45, 7) is 7.21. The van der Waals surface area contributed by atoms with Gasteiger partial charge in [-0.05, 0) is 39.5 Å². The first-order chi connectivity index (χ1) is 11.3. The van der Waals surface area contributed by atoms with Crippen molar-refractivity contribution >= 4 is 11.9 Å². The van der Waals surface area contributed by atoms with Gasteiger partial charge in [-0.2, -0.15) is 10.2 Å². The fourth-order valence-electron chi connectivity index (χ4n) is 2.37. The van der Waals surface area contributed by atoms with Gasteiger partial charge in [0.15, 0.2) is 0 Å². The van der Waals surface area contributed by atoms with Crippen molar-refractivity contribution in [2.24, 2.45) is 5.92 Å². The van der Waals surface area contributed by atoms with Crippen molar-refractivity contribution in [1.82, 2.24) is 14.9 Å². The normalized spacial score (nSPS) is 15.7. The van der Waals surface area contributed by atoms with E-state index < -0.39 is 5.60 Å². The summed E-state index contributed by atoms with van der Waals surface area (Å²) < 4.78 is 11.0. The van der Waals surface area contributed by atoms with E-state index in [4.69, 9.17) is 20.5 Å². The number of ether oxygens (including phenoxy) is 2. The van der Waals surface area contributed by atoms with Crippen molar-refractivity contribution in [3.8, 4) is 11.9 Å². The van der Waals surface area contributed by atoms with Crippen LogP contribution >= 0.6 is 0 Å². The summed E-state index contributed by atoms with van der Waals surface area (Å²) in [7, 11) is 0. The standard InChI is InChI=1S/C16H23N5O3/c1-16(2,3)24-15(22)21-6-4-11(5-7-21)10-23-14-12(8-17)19-9-13(18)20-14/h9,11H,4-7,10H2,1-3H3,(H2,18,20). The van der Waals surface area contributed by atoms with Crippen LogP contribution in [-0.2, 0) is 4.74 Å². The first kappa shape index (κ1) is 17.8. The van der Waals surface area contributed by atoms with Gasteiger partial charge in [0, 0.05) is 13.1 Å². The van der Waals surface area contributed by atoms with Crippen molar-refractivity contribution in [2.75, 3.05) is 25.4 Å². The quantitative estimate of drug-likeness (QED) is 0.899. The van der Waals surface area contributed by atoms with Gasteiger partial charge in [0.1, 0.15) is 17.5 Å². The molecule has 130 valence electrons. The average molecular weight is 333 g/mol. The number of carbonyl (C=O) groups excluding carboxylic acids is 1. The number of rotatable bonds is 3. The average Bonchev–Trinajstić information content (AvgIpc) is 2.52. The number of likely N-dealkylation sites (tertiary alicyclic amines) is 1. The molecule has 0 aliphatic carbocycles. The highest BCUT2D eigenvalue weighted by Crippen LogP contribution is 2.21. The van der Waals surface area contributed by atoms with Gasteiger partial charge in [0.05, 0.1) is 12.8 Å². The third-order valence-corrected chi connectivity index (χ3v) is 3.59. The Labute approximate surface area is 141 Å². The molecule has 24 heavy (non-hydrogen) atoms. The molecule has 0 radical (unpaired) electrons. The van der Waals surface area contributed by atoms with Crippen LogP contribution in [0.4, 0.5) is 10.6 Å². The monoisotopic (exact) mass is 333 g/mol. The van der Waals surface area contributed by atoms with E-state index in [2.05, 4.69) is 9.97 Å². The molecular formula is C16H23N5O3. The topological polar surface area (TPSA) is 114 Å². The fourth-order valence-corrected chi connectivity index (χ4v) is 2.37. The summed E-state index contributed by atoms with van der Waals surface area (Å²) >= 11 is 0. The molecule has 1 aliphatic heterocycles. The van der Waals surface area contributed by atoms with Gasteiger partial charge in [-0.15, -0.1) is 0 Å². The molecule has 1 aromatic rings. The molecule has 1 amide bonds. The van der Waals surface area contributed by atoms with Gasteiger partial charge in [-0.25, -0.2) is 9.78 Å². The van der Waals surface area contributed by atoms with Crippen LogP contribution in [0.2, 0.25) is 0 Å². The lowest BCUT2D eigenvalue weighted by atomic mass is 9.98. The number of hydrogen-bond donors (Lipinski definition) is 1. The van der Waals surface area contributed by atoms with E-state index in [-0.39, 0.29) is 29.4 Å². The summed E-state index contributed by atoms with van der Waals surface area (Å²) in [5, 5.41) is 9.00. The Bertz CT molecular complexity index is 628. The predicted octanol–water partition coefficient (Wildman–Crippen LogP) is 1.96. The van der Waals surface area contributed by atoms with Crippen LogP contribution in [0.1, 0.15) is 39.3 Å². The number of amides is 1. The summed E-state index contributed by atoms with van der Waals surface area (Å²) in [4.78, 5) is 21.6. The van der Waals surface area contributed by atoms with Gasteiger partial charge in [-0.3, -0.25) is 0 Å². The van der Waals surface area contributed by atoms with Gasteiger partial charge in [0.2, 0.25) is 5.69 Å². The maximum atomic E-state index is 12.0. The van der Waals surface area contributed by atoms with Crippen LogP contribution in [0, 0.1) is 17.2 Å². The van der Waals surface area contributed by atoms with Gasteiger partial charge in [-0.1, -0.05) is 0 Å². The molecule has 0 aromatic carbocycles. The first-order valence-electron chi connectivity index (χ1n) is 7.92. The Hall–Kier alpha value is -2.56. The number of anilines is 1. The Kier molecular flexibility index (Phi) is 5.44. The minimum absolute atomic E-state index is 0.121. The number of hydrogen-bond acceptors (Lipinski definition) is 7. The molecule has 0 spiro atoms. The van der Waals surface area contributed by atoms with Gasteiger partial charge >= 0.3 is 6.09 Å². The van der Waals surface area contributed by atoms with Crippen LogP contribution in [0.3, 0.4) is 0 Å². The van der Waals surface area contributed by atoms with E-state index >= 15 is 0 Å². The van der Waals surface area contributed by atoms with E-state index in [0.717, 1.165) is 12.8 Å². The van der Waals surface area contributed by atoms with Crippen molar-refractivity contribution in [3.05, 3.63) is 11.9 Å². The van der Waals surface area contributed by atoms with E-state index in [0.29, 0.717) is 19.7 Å². The highest BCUT2D eigenvalue weighted by Gasteiger charge is 2.27. The highest BCUT2D eigenvalue weighted by molar-refractivity contribution is 5.68. The molecule has 1 aliphatic rings. The van der Waals surface area contributed by atoms with Gasteiger partial charge in [0.25, 0.3) is 5.88 Å². The molecule has 2 heterocycles. The minimum atomic E-state index is -0.489. The molecule has 1 fully saturated rings. The number of carbonyl (C=O) groups is 1. The fraction of sp³-hybridized carbons (Fsp3) is 0.625. The largest absolute Gasteiger partial charge is 0.475 e. The Balaban J connectivity index is 1.83. The highest BCUT2D eigenvalue weighted by atomic mass is 16.6. The number of piperidine rings is 1. The third kappa shape index (κ3) is 4.98. The number of nitrogens with zero attached hydrogens (tertiary/aromatic N) is 4. The zero-order chi connectivity index (χ0) is 17.7. The zero-order valence-electron chi connectivity index (χ0n) is 14.3. The Morgan fingerprint density at radius 2 is 2.12 bits per heavy atom. The van der Waals surface area contributed by atoms with Crippen LogP contribution < -0.4 is 10.5 Å². The second-order valence-electron chi connectivity index (χ2n) is 6.78. The summed E-state index contributed by atoms with van der Waals surface area (Å²) in [5.74, 6) is 0.647. The molecule has 2 rings (SSSR count). The van der Waals surface area contributed by atoms with Crippen molar-refractivity contribution in [2.45, 2.75) is 39.2 Å². The molecule has 0 unspecified atom stereocenters. The van der Waals surface area contributed by atoms with Crippen LogP contribution in [-0.4, -0.2) is 46.3 Å². The van der Waals surface area contributed by atoms with Crippen molar-refractivity contribution < 1.29 is 14.3 Å². The number of nitriles is 1. The predicted molar refractivity (Wildman–Crippen MR) is 87.2 cm³/mol. The Morgan fingerprint density at radius 1 is 1.46 bits per heavy atom. The number of nitrogen functional groups attached to an aromatic ring is 1. The molecule has 8 heteroatoms. The number of nitrogens with two attached hydrogens (primary N) is 1. The zero-order valence-corrected chi connectivity index (χ0v) is 14.3. The lowest BCUT2D eigenvalue weighted by Gasteiger charge is -2.33. The molecule has 8 nitrogen and oxygen atoms in total. The first-order valence-corrected chi connectivity index (χ1v) is 7.92. The molecular weight excluding hydrogens is 310 g/mol. The van der Waals surface area contributed by atoms with Crippen LogP contribution in [0.15, 0.2) is 6.20 Å². The van der Waals surface area contributed by atoms with E-state index in [1.54, 1.807) is 4.90 Å². The molecule has 1 aromatic heterocycles. The number of aromatic nitrogens is 2. The second kappa shape index (κ2) is 7.34. The molecule has 0 atom stereocenters. The summed E-state index contributed by atoms with van der Waals surface area (Å²) in [6.07, 6.45) is 2.65. The SMILES string of the molecule is CC(C)(C)OC(=O)N1CCC(COc2nc(N)cnc2C#N)CC1. The van der Waals surface area contributed by atoms with E-state index in [1.165, 1.54) is 6.20 Å². The maximum absolute atomic E-state index is 12.0. The second-order valence-corrected chi connectivity index (χ2v) is 6.78. The van der Waals surface area contributed by atoms with Crippen molar-refractivity contribution in [1.29, 1.82) is 5.26 Å². The maximum Gasteiger partial charge on any atom is 0.410 e.